The van der Waals surface area contributed by atoms with Crippen LogP contribution in [0.4, 0.5) is 5.88 Å². The molecule has 0 aliphatic carbocycles. The van der Waals surface area contributed by atoms with Crippen LogP contribution in [-0.2, 0) is 16.6 Å². The third-order valence-electron chi connectivity index (χ3n) is 5.39. The third kappa shape index (κ3) is 4.63. The maximum absolute atomic E-state index is 12.9. The Hall–Kier alpha value is -3.15. The summed E-state index contributed by atoms with van der Waals surface area (Å²) in [6.45, 7) is 3.67. The minimum Gasteiger partial charge on any atom is -0.419 e. The molecule has 31 heavy (non-hydrogen) atoms. The van der Waals surface area contributed by atoms with E-state index >= 15 is 0 Å². The first-order valence-corrected chi connectivity index (χ1v) is 11.7. The van der Waals surface area contributed by atoms with Crippen LogP contribution in [0.3, 0.4) is 0 Å². The van der Waals surface area contributed by atoms with Crippen LogP contribution in [0.15, 0.2) is 63.9 Å². The Morgan fingerprint density at radius 2 is 1.94 bits per heavy atom. The normalized spacial score (nSPS) is 17.2. The van der Waals surface area contributed by atoms with E-state index in [-0.39, 0.29) is 16.5 Å². The van der Waals surface area contributed by atoms with Crippen LogP contribution in [0.1, 0.15) is 31.0 Å². The molecule has 2 heterocycles. The van der Waals surface area contributed by atoms with Gasteiger partial charge in [-0.05, 0) is 48.6 Å². The van der Waals surface area contributed by atoms with Crippen LogP contribution < -0.4 is 5.32 Å². The Morgan fingerprint density at radius 3 is 2.61 bits per heavy atom. The smallest absolute Gasteiger partial charge is 0.243 e. The lowest BCUT2D eigenvalue weighted by Gasteiger charge is -2.30. The Balaban J connectivity index is 1.52. The van der Waals surface area contributed by atoms with E-state index in [1.807, 2.05) is 36.4 Å². The van der Waals surface area contributed by atoms with Gasteiger partial charge in [-0.15, -0.1) is 0 Å². The fraction of sp³-hybridized carbons (Fsp3) is 0.304. The molecule has 0 amide bonds. The van der Waals surface area contributed by atoms with E-state index in [2.05, 4.69) is 17.2 Å². The van der Waals surface area contributed by atoms with E-state index < -0.39 is 10.0 Å². The zero-order chi connectivity index (χ0) is 21.8. The summed E-state index contributed by atoms with van der Waals surface area (Å²) in [5.41, 5.74) is 1.81. The van der Waals surface area contributed by atoms with E-state index in [0.29, 0.717) is 37.0 Å². The van der Waals surface area contributed by atoms with E-state index in [9.17, 15) is 13.7 Å². The topological polar surface area (TPSA) is 99.2 Å². The maximum atomic E-state index is 12.9. The van der Waals surface area contributed by atoms with Crippen molar-refractivity contribution < 1.29 is 12.8 Å². The predicted molar refractivity (Wildman–Crippen MR) is 118 cm³/mol. The van der Waals surface area contributed by atoms with E-state index in [4.69, 9.17) is 4.42 Å². The Labute approximate surface area is 182 Å². The highest BCUT2D eigenvalue weighted by molar-refractivity contribution is 7.89. The molecule has 1 N–H and O–H groups in total. The summed E-state index contributed by atoms with van der Waals surface area (Å²) < 4.78 is 33.2. The van der Waals surface area contributed by atoms with Crippen LogP contribution >= 0.6 is 0 Å². The summed E-state index contributed by atoms with van der Waals surface area (Å²) in [6, 6.07) is 18.2. The number of rotatable bonds is 6. The molecule has 0 radical (unpaired) electrons. The Morgan fingerprint density at radius 1 is 1.19 bits per heavy atom. The minimum atomic E-state index is -3.52. The number of oxazole rings is 1. The highest BCUT2D eigenvalue weighted by Gasteiger charge is 2.28. The molecule has 0 saturated carbocycles. The fourth-order valence-corrected chi connectivity index (χ4v) is 5.30. The highest BCUT2D eigenvalue weighted by Crippen LogP contribution is 2.28. The van der Waals surface area contributed by atoms with Gasteiger partial charge in [-0.2, -0.15) is 14.6 Å². The van der Waals surface area contributed by atoms with Gasteiger partial charge in [0.15, 0.2) is 0 Å². The van der Waals surface area contributed by atoms with Gasteiger partial charge in [0.1, 0.15) is 6.07 Å². The van der Waals surface area contributed by atoms with Crippen LogP contribution in [0.5, 0.6) is 0 Å². The van der Waals surface area contributed by atoms with E-state index in [0.717, 1.165) is 18.4 Å². The molecular formula is C23H24N4O3S. The zero-order valence-electron chi connectivity index (χ0n) is 17.3. The summed E-state index contributed by atoms with van der Waals surface area (Å²) in [7, 11) is -3.52. The van der Waals surface area contributed by atoms with E-state index in [1.54, 1.807) is 28.6 Å². The van der Waals surface area contributed by atoms with Crippen molar-refractivity contribution in [3.8, 4) is 17.5 Å². The molecule has 1 fully saturated rings. The number of hydrogen-bond acceptors (Lipinski definition) is 6. The SMILES string of the molecule is C[C@@H]1CCCN(S(=O)(=O)c2ccc(-c3nc(C#N)c(NCc4ccccc4)o3)cc2)C1. The second-order valence-electron chi connectivity index (χ2n) is 7.78. The quantitative estimate of drug-likeness (QED) is 0.620. The molecule has 4 rings (SSSR count). The summed E-state index contributed by atoms with van der Waals surface area (Å²) in [5.74, 6) is 0.921. The largest absolute Gasteiger partial charge is 0.419 e. The maximum Gasteiger partial charge on any atom is 0.243 e. The first-order valence-electron chi connectivity index (χ1n) is 10.3. The lowest BCUT2D eigenvalue weighted by molar-refractivity contribution is 0.281. The number of anilines is 1. The number of sulfonamides is 1. The molecule has 160 valence electrons. The second-order valence-corrected chi connectivity index (χ2v) is 9.72. The molecule has 0 unspecified atom stereocenters. The van der Waals surface area contributed by atoms with Crippen molar-refractivity contribution in [2.45, 2.75) is 31.2 Å². The molecule has 1 aliphatic rings. The molecular weight excluding hydrogens is 412 g/mol. The number of aromatic nitrogens is 1. The van der Waals surface area contributed by atoms with Crippen molar-refractivity contribution in [1.29, 1.82) is 5.26 Å². The van der Waals surface area contributed by atoms with Gasteiger partial charge >= 0.3 is 0 Å². The standard InChI is InChI=1S/C23H24N4O3S/c1-17-6-5-13-27(16-17)31(28,29)20-11-9-19(10-12-20)22-26-21(14-24)23(30-22)25-15-18-7-3-2-4-8-18/h2-4,7-12,17,25H,5-6,13,15-16H2,1H3/t17-/m1/s1. The zero-order valence-corrected chi connectivity index (χ0v) is 18.1. The monoisotopic (exact) mass is 436 g/mol. The number of piperidine rings is 1. The van der Waals surface area contributed by atoms with Crippen LogP contribution in [0.25, 0.3) is 11.5 Å². The number of benzene rings is 2. The van der Waals surface area contributed by atoms with Crippen LogP contribution in [0, 0.1) is 17.2 Å². The predicted octanol–water partition coefficient (Wildman–Crippen LogP) is 4.25. The second kappa shape index (κ2) is 8.92. The van der Waals surface area contributed by atoms with E-state index in [1.165, 1.54) is 0 Å². The number of hydrogen-bond donors (Lipinski definition) is 1. The first kappa shape index (κ1) is 21.1. The average molecular weight is 437 g/mol. The van der Waals surface area contributed by atoms with Crippen LogP contribution in [-0.4, -0.2) is 30.8 Å². The molecule has 1 atom stereocenters. The fourth-order valence-electron chi connectivity index (χ4n) is 3.70. The Kier molecular flexibility index (Phi) is 6.07. The molecule has 1 aliphatic heterocycles. The average Bonchev–Trinajstić information content (AvgIpc) is 3.22. The summed E-state index contributed by atoms with van der Waals surface area (Å²) in [6.07, 6.45) is 1.93. The van der Waals surface area contributed by atoms with Crippen molar-refractivity contribution in [2.24, 2.45) is 5.92 Å². The third-order valence-corrected chi connectivity index (χ3v) is 7.27. The summed E-state index contributed by atoms with van der Waals surface area (Å²) in [4.78, 5) is 4.50. The molecule has 3 aromatic rings. The molecule has 2 aromatic carbocycles. The van der Waals surface area contributed by atoms with Crippen molar-refractivity contribution in [3.05, 3.63) is 65.9 Å². The van der Waals surface area contributed by atoms with Gasteiger partial charge in [0.2, 0.25) is 27.5 Å². The lowest BCUT2D eigenvalue weighted by atomic mass is 10.0. The minimum absolute atomic E-state index is 0.157. The first-order chi connectivity index (χ1) is 15.0. The molecule has 0 bridgehead atoms. The van der Waals surface area contributed by atoms with Gasteiger partial charge in [-0.3, -0.25) is 0 Å². The molecule has 1 aromatic heterocycles. The van der Waals surface area contributed by atoms with Gasteiger partial charge < -0.3 is 9.73 Å². The van der Waals surface area contributed by atoms with Gasteiger partial charge in [-0.25, -0.2) is 8.42 Å². The van der Waals surface area contributed by atoms with Crippen LogP contribution in [0.2, 0.25) is 0 Å². The molecule has 0 spiro atoms. The number of nitriles is 1. The lowest BCUT2D eigenvalue weighted by Crippen LogP contribution is -2.39. The van der Waals surface area contributed by atoms with Crippen molar-refractivity contribution in [1.82, 2.24) is 9.29 Å². The summed E-state index contributed by atoms with van der Waals surface area (Å²) >= 11 is 0. The number of nitrogens with zero attached hydrogens (tertiary/aromatic N) is 3. The molecule has 7 nitrogen and oxygen atoms in total. The van der Waals surface area contributed by atoms with Crippen molar-refractivity contribution >= 4 is 15.9 Å². The van der Waals surface area contributed by atoms with Crippen molar-refractivity contribution in [2.75, 3.05) is 18.4 Å². The van der Waals surface area contributed by atoms with Gasteiger partial charge in [0.25, 0.3) is 0 Å². The van der Waals surface area contributed by atoms with Gasteiger partial charge in [0, 0.05) is 25.2 Å². The van der Waals surface area contributed by atoms with Gasteiger partial charge in [-0.1, -0.05) is 37.3 Å². The van der Waals surface area contributed by atoms with Gasteiger partial charge in [0.05, 0.1) is 4.90 Å². The Bertz CT molecular complexity index is 1180. The number of nitrogens with one attached hydrogen (secondary N) is 1. The molecule has 8 heteroatoms. The summed E-state index contributed by atoms with van der Waals surface area (Å²) in [5, 5.41) is 12.5. The highest BCUT2D eigenvalue weighted by atomic mass is 32.2. The van der Waals surface area contributed by atoms with Crippen molar-refractivity contribution in [3.63, 3.8) is 0 Å². The molecule has 1 saturated heterocycles.